The molecule has 0 aromatic heterocycles. The fraction of sp³-hybridized carbons (Fsp3) is 0.133. The molecule has 3 rings (SSSR count). The summed E-state index contributed by atoms with van der Waals surface area (Å²) in [7, 11) is 0. The summed E-state index contributed by atoms with van der Waals surface area (Å²) < 4.78 is 26.2. The molecule has 1 atom stereocenters. The Morgan fingerprint density at radius 3 is 2.67 bits per heavy atom. The molecule has 3 nitrogen and oxygen atoms in total. The molecule has 1 amide bonds. The van der Waals surface area contributed by atoms with Crippen molar-refractivity contribution in [2.45, 2.75) is 12.5 Å². The maximum Gasteiger partial charge on any atom is 0.228 e. The molecule has 0 saturated heterocycles. The smallest absolute Gasteiger partial charge is 0.228 e. The lowest BCUT2D eigenvalue weighted by atomic mass is 9.98. The van der Waals surface area contributed by atoms with Crippen molar-refractivity contribution in [1.82, 2.24) is 0 Å². The predicted octanol–water partition coefficient (Wildman–Crippen LogP) is 3.19. The van der Waals surface area contributed by atoms with Crippen LogP contribution in [0.25, 0.3) is 0 Å². The predicted molar refractivity (Wildman–Crippen MR) is 74.2 cm³/mol. The van der Waals surface area contributed by atoms with E-state index < -0.39 is 17.7 Å². The Bertz CT molecular complexity index is 749. The van der Waals surface area contributed by atoms with E-state index in [-0.39, 0.29) is 22.9 Å². The summed E-state index contributed by atoms with van der Waals surface area (Å²) in [6.07, 6.45) is -1.00. The number of hydrogen-bond acceptors (Lipinski definition) is 2. The van der Waals surface area contributed by atoms with Crippen molar-refractivity contribution >= 4 is 23.2 Å². The van der Waals surface area contributed by atoms with Crippen molar-refractivity contribution in [2.75, 3.05) is 5.32 Å². The molecule has 0 saturated carbocycles. The van der Waals surface area contributed by atoms with E-state index in [9.17, 15) is 18.7 Å². The summed E-state index contributed by atoms with van der Waals surface area (Å²) in [6, 6.07) is 6.30. The molecule has 1 aliphatic rings. The van der Waals surface area contributed by atoms with Gasteiger partial charge in [-0.2, -0.15) is 0 Å². The summed E-state index contributed by atoms with van der Waals surface area (Å²) in [4.78, 5) is 11.3. The molecule has 1 unspecified atom stereocenters. The Morgan fingerprint density at radius 2 is 1.95 bits per heavy atom. The molecule has 21 heavy (non-hydrogen) atoms. The Hall–Kier alpha value is -1.98. The Kier molecular flexibility index (Phi) is 3.39. The van der Waals surface area contributed by atoms with Crippen LogP contribution in [0.4, 0.5) is 14.5 Å². The van der Waals surface area contributed by atoms with Crippen LogP contribution in [-0.2, 0) is 11.2 Å². The minimum atomic E-state index is -1.20. The Morgan fingerprint density at radius 1 is 1.19 bits per heavy atom. The Balaban J connectivity index is 2.02. The van der Waals surface area contributed by atoms with Gasteiger partial charge in [0.15, 0.2) is 11.6 Å². The topological polar surface area (TPSA) is 49.3 Å². The van der Waals surface area contributed by atoms with Gasteiger partial charge in [0, 0.05) is 16.3 Å². The van der Waals surface area contributed by atoms with Gasteiger partial charge in [0.25, 0.3) is 0 Å². The molecule has 1 aliphatic heterocycles. The fourth-order valence-electron chi connectivity index (χ4n) is 2.34. The van der Waals surface area contributed by atoms with Crippen LogP contribution in [0, 0.1) is 11.6 Å². The maximum atomic E-state index is 13.3. The SMILES string of the molecule is O=C1Cc2cc(C(O)c3ccc(F)c(F)c3)c(Cl)cc2N1. The fourth-order valence-corrected chi connectivity index (χ4v) is 2.61. The molecular formula is C15H10ClF2NO2. The lowest BCUT2D eigenvalue weighted by Gasteiger charge is -2.15. The van der Waals surface area contributed by atoms with Crippen LogP contribution in [0.2, 0.25) is 5.02 Å². The van der Waals surface area contributed by atoms with Gasteiger partial charge in [-0.25, -0.2) is 8.78 Å². The molecule has 108 valence electrons. The largest absolute Gasteiger partial charge is 0.384 e. The monoisotopic (exact) mass is 309 g/mol. The second kappa shape index (κ2) is 5.09. The standard InChI is InChI=1S/C15H10ClF2NO2/c16-10-6-13-8(5-14(20)19-13)3-9(10)15(21)7-1-2-11(17)12(18)4-7/h1-4,6,15,21H,5H2,(H,19,20). The third-order valence-corrected chi connectivity index (χ3v) is 3.73. The average molecular weight is 310 g/mol. The summed E-state index contributed by atoms with van der Waals surface area (Å²) in [5.41, 5.74) is 1.85. The quantitative estimate of drug-likeness (QED) is 0.895. The molecule has 0 radical (unpaired) electrons. The molecular weight excluding hydrogens is 300 g/mol. The second-order valence-electron chi connectivity index (χ2n) is 4.83. The number of aliphatic hydroxyl groups is 1. The van der Waals surface area contributed by atoms with E-state index >= 15 is 0 Å². The van der Waals surface area contributed by atoms with Crippen molar-refractivity contribution < 1.29 is 18.7 Å². The van der Waals surface area contributed by atoms with E-state index in [0.717, 1.165) is 12.1 Å². The highest BCUT2D eigenvalue weighted by Crippen LogP contribution is 2.35. The molecule has 0 bridgehead atoms. The van der Waals surface area contributed by atoms with Crippen LogP contribution in [0.1, 0.15) is 22.8 Å². The number of fused-ring (bicyclic) bond motifs is 1. The normalized spacial score (nSPS) is 14.8. The molecule has 2 aromatic carbocycles. The van der Waals surface area contributed by atoms with Crippen LogP contribution in [0.5, 0.6) is 0 Å². The summed E-state index contributed by atoms with van der Waals surface area (Å²) >= 11 is 6.09. The van der Waals surface area contributed by atoms with Crippen molar-refractivity contribution in [3.8, 4) is 0 Å². The minimum Gasteiger partial charge on any atom is -0.384 e. The third-order valence-electron chi connectivity index (χ3n) is 3.40. The van der Waals surface area contributed by atoms with E-state index in [0.29, 0.717) is 16.8 Å². The van der Waals surface area contributed by atoms with Crippen LogP contribution in [-0.4, -0.2) is 11.0 Å². The van der Waals surface area contributed by atoms with Gasteiger partial charge in [-0.3, -0.25) is 4.79 Å². The number of amides is 1. The molecule has 0 fully saturated rings. The zero-order valence-corrected chi connectivity index (χ0v) is 11.4. The van der Waals surface area contributed by atoms with Crippen LogP contribution >= 0.6 is 11.6 Å². The number of anilines is 1. The minimum absolute atomic E-state index is 0.152. The van der Waals surface area contributed by atoms with Crippen molar-refractivity contribution in [2.24, 2.45) is 0 Å². The van der Waals surface area contributed by atoms with E-state index in [2.05, 4.69) is 5.32 Å². The van der Waals surface area contributed by atoms with Crippen molar-refractivity contribution in [3.63, 3.8) is 0 Å². The number of carbonyl (C=O) groups is 1. The van der Waals surface area contributed by atoms with Gasteiger partial charge in [-0.1, -0.05) is 17.7 Å². The third kappa shape index (κ3) is 2.50. The summed E-state index contributed by atoms with van der Waals surface area (Å²) in [5, 5.41) is 13.2. The molecule has 6 heteroatoms. The first kappa shape index (κ1) is 14.0. The van der Waals surface area contributed by atoms with Gasteiger partial charge in [-0.05, 0) is 35.4 Å². The molecule has 2 N–H and O–H groups in total. The van der Waals surface area contributed by atoms with E-state index in [4.69, 9.17) is 11.6 Å². The number of rotatable bonds is 2. The average Bonchev–Trinajstić information content (AvgIpc) is 2.79. The first-order valence-electron chi connectivity index (χ1n) is 6.21. The van der Waals surface area contributed by atoms with Crippen LogP contribution in [0.15, 0.2) is 30.3 Å². The van der Waals surface area contributed by atoms with E-state index in [1.807, 2.05) is 0 Å². The summed E-state index contributed by atoms with van der Waals surface area (Å²) in [5.74, 6) is -2.18. The van der Waals surface area contributed by atoms with Crippen molar-refractivity contribution in [3.05, 3.63) is 63.7 Å². The first-order valence-corrected chi connectivity index (χ1v) is 6.58. The maximum absolute atomic E-state index is 13.3. The number of hydrogen-bond donors (Lipinski definition) is 2. The van der Waals surface area contributed by atoms with Gasteiger partial charge in [-0.15, -0.1) is 0 Å². The molecule has 0 spiro atoms. The van der Waals surface area contributed by atoms with Crippen LogP contribution < -0.4 is 5.32 Å². The lowest BCUT2D eigenvalue weighted by Crippen LogP contribution is -2.03. The first-order chi connectivity index (χ1) is 9.95. The van der Waals surface area contributed by atoms with Gasteiger partial charge in [0.1, 0.15) is 6.10 Å². The molecule has 0 aliphatic carbocycles. The Labute approximate surface area is 124 Å². The zero-order chi connectivity index (χ0) is 15.1. The lowest BCUT2D eigenvalue weighted by molar-refractivity contribution is -0.115. The second-order valence-corrected chi connectivity index (χ2v) is 5.24. The number of aliphatic hydroxyl groups excluding tert-OH is 1. The molecule has 1 heterocycles. The van der Waals surface area contributed by atoms with Crippen molar-refractivity contribution in [1.29, 1.82) is 0 Å². The number of carbonyl (C=O) groups excluding carboxylic acids is 1. The van der Waals surface area contributed by atoms with Gasteiger partial charge < -0.3 is 10.4 Å². The van der Waals surface area contributed by atoms with E-state index in [1.54, 1.807) is 12.1 Å². The molecule has 2 aromatic rings. The van der Waals surface area contributed by atoms with Crippen LogP contribution in [0.3, 0.4) is 0 Å². The number of halogens is 3. The van der Waals surface area contributed by atoms with Gasteiger partial charge in [0.05, 0.1) is 6.42 Å². The highest BCUT2D eigenvalue weighted by atomic mass is 35.5. The van der Waals surface area contributed by atoms with E-state index in [1.165, 1.54) is 6.07 Å². The summed E-state index contributed by atoms with van der Waals surface area (Å²) in [6.45, 7) is 0. The zero-order valence-electron chi connectivity index (χ0n) is 10.7. The highest BCUT2D eigenvalue weighted by molar-refractivity contribution is 6.32. The number of nitrogens with one attached hydrogen (secondary N) is 1. The van der Waals surface area contributed by atoms with Gasteiger partial charge >= 0.3 is 0 Å². The highest BCUT2D eigenvalue weighted by Gasteiger charge is 2.23. The van der Waals surface area contributed by atoms with Gasteiger partial charge in [0.2, 0.25) is 5.91 Å². The number of benzene rings is 2.